The number of ether oxygens (including phenoxy) is 1. The van der Waals surface area contributed by atoms with Crippen LogP contribution in [0.1, 0.15) is 24.6 Å². The van der Waals surface area contributed by atoms with Crippen LogP contribution in [0.4, 0.5) is 4.39 Å². The number of nitrogens with zero attached hydrogens (tertiary/aromatic N) is 4. The third kappa shape index (κ3) is 2.78. The van der Waals surface area contributed by atoms with Crippen LogP contribution in [0, 0.1) is 5.82 Å². The van der Waals surface area contributed by atoms with E-state index in [2.05, 4.69) is 9.97 Å². The lowest BCUT2D eigenvalue weighted by molar-refractivity contribution is 0.184. The van der Waals surface area contributed by atoms with Gasteiger partial charge >= 0.3 is 0 Å². The molecule has 0 N–H and O–H groups in total. The number of aromatic nitrogens is 3. The molecule has 3 heterocycles. The zero-order valence-corrected chi connectivity index (χ0v) is 13.7. The standard InChI is InChI=1S/C15H17FN4O3S/c16-14-2-1-5-18-15(14)23-9-12-8-19(24(21,22)13-3-4-13)7-11-6-17-10-20(11)12/h1-2,5-6,10,12-13H,3-4,7-9H2. The third-order valence-corrected chi connectivity index (χ3v) is 6.65. The molecule has 1 fully saturated rings. The summed E-state index contributed by atoms with van der Waals surface area (Å²) < 4.78 is 47.6. The van der Waals surface area contributed by atoms with Gasteiger partial charge < -0.3 is 9.30 Å². The Morgan fingerprint density at radius 2 is 2.21 bits per heavy atom. The van der Waals surface area contributed by atoms with Crippen molar-refractivity contribution in [1.82, 2.24) is 18.8 Å². The quantitative estimate of drug-likeness (QED) is 0.812. The molecule has 1 atom stereocenters. The number of halogens is 1. The predicted molar refractivity (Wildman–Crippen MR) is 83.3 cm³/mol. The number of pyridine rings is 1. The van der Waals surface area contributed by atoms with Crippen LogP contribution in [0.15, 0.2) is 30.9 Å². The lowest BCUT2D eigenvalue weighted by atomic mass is 10.2. The fraction of sp³-hybridized carbons (Fsp3) is 0.467. The van der Waals surface area contributed by atoms with Gasteiger partial charge in [0.25, 0.3) is 0 Å². The van der Waals surface area contributed by atoms with Gasteiger partial charge in [-0.05, 0) is 25.0 Å². The van der Waals surface area contributed by atoms with Crippen LogP contribution >= 0.6 is 0 Å². The molecule has 1 saturated carbocycles. The summed E-state index contributed by atoms with van der Waals surface area (Å²) in [6, 6.07) is 2.49. The van der Waals surface area contributed by atoms with Crippen LogP contribution in [0.5, 0.6) is 5.88 Å². The van der Waals surface area contributed by atoms with Crippen molar-refractivity contribution in [1.29, 1.82) is 0 Å². The van der Waals surface area contributed by atoms with Crippen molar-refractivity contribution < 1.29 is 17.5 Å². The van der Waals surface area contributed by atoms with Crippen LogP contribution in [0.25, 0.3) is 0 Å². The van der Waals surface area contributed by atoms with E-state index in [9.17, 15) is 12.8 Å². The van der Waals surface area contributed by atoms with Gasteiger partial charge in [-0.15, -0.1) is 0 Å². The summed E-state index contributed by atoms with van der Waals surface area (Å²) in [6.07, 6.45) is 6.20. The smallest absolute Gasteiger partial charge is 0.250 e. The molecule has 4 rings (SSSR count). The first-order valence-electron chi connectivity index (χ1n) is 7.78. The molecule has 2 aromatic heterocycles. The van der Waals surface area contributed by atoms with E-state index in [1.54, 1.807) is 12.5 Å². The van der Waals surface area contributed by atoms with Gasteiger partial charge in [-0.1, -0.05) is 0 Å². The summed E-state index contributed by atoms with van der Waals surface area (Å²) in [5.41, 5.74) is 0.806. The molecule has 0 radical (unpaired) electrons. The number of fused-ring (bicyclic) bond motifs is 1. The van der Waals surface area contributed by atoms with Crippen LogP contribution in [-0.4, -0.2) is 45.7 Å². The molecule has 1 unspecified atom stereocenters. The van der Waals surface area contributed by atoms with Crippen molar-refractivity contribution in [3.63, 3.8) is 0 Å². The van der Waals surface area contributed by atoms with Crippen LogP contribution in [0.3, 0.4) is 0 Å². The largest absolute Gasteiger partial charge is 0.473 e. The van der Waals surface area contributed by atoms with Crippen LogP contribution < -0.4 is 4.74 Å². The highest BCUT2D eigenvalue weighted by Crippen LogP contribution is 2.34. The van der Waals surface area contributed by atoms with Crippen molar-refractivity contribution in [2.75, 3.05) is 13.2 Å². The average Bonchev–Trinajstić information content (AvgIpc) is 3.32. The molecule has 128 valence electrons. The zero-order chi connectivity index (χ0) is 16.7. The molecule has 0 aromatic carbocycles. The molecule has 0 spiro atoms. The fourth-order valence-electron chi connectivity index (χ4n) is 2.91. The summed E-state index contributed by atoms with van der Waals surface area (Å²) in [4.78, 5) is 7.96. The second-order valence-corrected chi connectivity index (χ2v) is 8.30. The fourth-order valence-corrected chi connectivity index (χ4v) is 4.75. The Hall–Kier alpha value is -2.00. The van der Waals surface area contributed by atoms with Gasteiger partial charge in [0, 0.05) is 18.9 Å². The second kappa shape index (κ2) is 5.82. The van der Waals surface area contributed by atoms with Gasteiger partial charge in [-0.3, -0.25) is 0 Å². The van der Waals surface area contributed by atoms with Gasteiger partial charge in [0.2, 0.25) is 15.9 Å². The number of sulfonamides is 1. The summed E-state index contributed by atoms with van der Waals surface area (Å²) in [5.74, 6) is -0.622. The zero-order valence-electron chi connectivity index (χ0n) is 12.9. The number of imidazole rings is 1. The summed E-state index contributed by atoms with van der Waals surface area (Å²) >= 11 is 0. The van der Waals surface area contributed by atoms with E-state index in [4.69, 9.17) is 4.74 Å². The topological polar surface area (TPSA) is 77.3 Å². The SMILES string of the molecule is O=S(=O)(C1CC1)N1Cc2cncn2C(COc2ncccc2F)C1. The summed E-state index contributed by atoms with van der Waals surface area (Å²) in [5, 5.41) is -0.262. The molecule has 0 saturated heterocycles. The lowest BCUT2D eigenvalue weighted by Gasteiger charge is -2.33. The van der Waals surface area contributed by atoms with Crippen molar-refractivity contribution >= 4 is 10.0 Å². The average molecular weight is 352 g/mol. The van der Waals surface area contributed by atoms with Crippen LogP contribution in [0.2, 0.25) is 0 Å². The number of rotatable bonds is 5. The molecule has 2 aliphatic rings. The molecule has 0 amide bonds. The van der Waals surface area contributed by atoms with E-state index in [0.29, 0.717) is 6.54 Å². The molecule has 1 aliphatic heterocycles. The Morgan fingerprint density at radius 3 is 2.96 bits per heavy atom. The summed E-state index contributed by atoms with van der Waals surface area (Å²) in [7, 11) is -3.29. The van der Waals surface area contributed by atoms with E-state index >= 15 is 0 Å². The maximum Gasteiger partial charge on any atom is 0.250 e. The van der Waals surface area contributed by atoms with E-state index < -0.39 is 15.8 Å². The molecule has 7 nitrogen and oxygen atoms in total. The first kappa shape index (κ1) is 15.5. The maximum atomic E-state index is 13.6. The molecule has 0 bridgehead atoms. The van der Waals surface area contributed by atoms with Crippen molar-refractivity contribution in [3.05, 3.63) is 42.4 Å². The van der Waals surface area contributed by atoms with E-state index in [1.165, 1.54) is 22.6 Å². The van der Waals surface area contributed by atoms with Crippen LogP contribution in [-0.2, 0) is 16.6 Å². The molecule has 1 aliphatic carbocycles. The molecular formula is C15H17FN4O3S. The van der Waals surface area contributed by atoms with E-state index in [0.717, 1.165) is 18.5 Å². The lowest BCUT2D eigenvalue weighted by Crippen LogP contribution is -2.43. The van der Waals surface area contributed by atoms with Gasteiger partial charge in [0.05, 0.1) is 29.9 Å². The van der Waals surface area contributed by atoms with Crippen molar-refractivity contribution in [2.24, 2.45) is 0 Å². The van der Waals surface area contributed by atoms with Crippen molar-refractivity contribution in [2.45, 2.75) is 30.7 Å². The van der Waals surface area contributed by atoms with E-state index in [1.807, 2.05) is 4.57 Å². The highest BCUT2D eigenvalue weighted by Gasteiger charge is 2.42. The minimum absolute atomic E-state index is 0.0821. The minimum Gasteiger partial charge on any atom is -0.473 e. The number of hydrogen-bond acceptors (Lipinski definition) is 5. The summed E-state index contributed by atoms with van der Waals surface area (Å²) in [6.45, 7) is 0.720. The van der Waals surface area contributed by atoms with E-state index in [-0.39, 0.29) is 30.3 Å². The normalized spacial score (nSPS) is 21.5. The van der Waals surface area contributed by atoms with Gasteiger partial charge in [0.15, 0.2) is 5.82 Å². The first-order chi connectivity index (χ1) is 11.6. The predicted octanol–water partition coefficient (Wildman–Crippen LogP) is 1.35. The Bertz CT molecular complexity index is 850. The Labute approximate surface area is 139 Å². The highest BCUT2D eigenvalue weighted by atomic mass is 32.2. The molecule has 24 heavy (non-hydrogen) atoms. The minimum atomic E-state index is -3.29. The molecular weight excluding hydrogens is 335 g/mol. The van der Waals surface area contributed by atoms with Gasteiger partial charge in [0.1, 0.15) is 6.61 Å². The second-order valence-electron chi connectivity index (χ2n) is 6.08. The van der Waals surface area contributed by atoms with Gasteiger partial charge in [-0.25, -0.2) is 22.8 Å². The molecule has 9 heteroatoms. The Kier molecular flexibility index (Phi) is 3.76. The third-order valence-electron chi connectivity index (χ3n) is 4.34. The first-order valence-corrected chi connectivity index (χ1v) is 9.29. The Balaban J connectivity index is 1.55. The molecule has 2 aromatic rings. The van der Waals surface area contributed by atoms with Crippen molar-refractivity contribution in [3.8, 4) is 5.88 Å². The maximum absolute atomic E-state index is 13.6. The Morgan fingerprint density at radius 1 is 1.38 bits per heavy atom. The van der Waals surface area contributed by atoms with Gasteiger partial charge in [-0.2, -0.15) is 4.31 Å². The monoisotopic (exact) mass is 352 g/mol. The number of hydrogen-bond donors (Lipinski definition) is 0. The highest BCUT2D eigenvalue weighted by molar-refractivity contribution is 7.90.